The molecule has 2 aromatic rings. The lowest BCUT2D eigenvalue weighted by Crippen LogP contribution is -1.89. The second-order valence-corrected chi connectivity index (χ2v) is 4.96. The van der Waals surface area contributed by atoms with Gasteiger partial charge in [-0.3, -0.25) is 4.98 Å². The third kappa shape index (κ3) is 3.91. The van der Waals surface area contributed by atoms with Gasteiger partial charge in [0, 0.05) is 12.4 Å². The van der Waals surface area contributed by atoms with E-state index >= 15 is 0 Å². The van der Waals surface area contributed by atoms with Crippen molar-refractivity contribution in [1.82, 2.24) is 4.98 Å². The van der Waals surface area contributed by atoms with E-state index in [1.165, 1.54) is 27.8 Å². The van der Waals surface area contributed by atoms with Crippen LogP contribution in [0.1, 0.15) is 37.8 Å². The van der Waals surface area contributed by atoms with Crippen molar-refractivity contribution in [3.63, 3.8) is 0 Å². The highest BCUT2D eigenvalue weighted by molar-refractivity contribution is 5.78. The number of pyridine rings is 1. The molecule has 0 unspecified atom stereocenters. The molecule has 1 heterocycles. The van der Waals surface area contributed by atoms with E-state index in [-0.39, 0.29) is 0 Å². The smallest absolute Gasteiger partial charge is 0.0273 e. The molecule has 0 fully saturated rings. The molecule has 21 heavy (non-hydrogen) atoms. The summed E-state index contributed by atoms with van der Waals surface area (Å²) in [7, 11) is 0. The molecule has 0 saturated heterocycles. The lowest BCUT2D eigenvalue weighted by molar-refractivity contribution is 1.04. The van der Waals surface area contributed by atoms with Crippen molar-refractivity contribution >= 4 is 5.57 Å². The zero-order valence-electron chi connectivity index (χ0n) is 13.1. The Morgan fingerprint density at radius 1 is 0.857 bits per heavy atom. The zero-order valence-corrected chi connectivity index (χ0v) is 13.1. The highest BCUT2D eigenvalue weighted by Gasteiger charge is 2.05. The summed E-state index contributed by atoms with van der Waals surface area (Å²) in [5, 5.41) is 0. The average Bonchev–Trinajstić information content (AvgIpc) is 2.58. The van der Waals surface area contributed by atoms with E-state index < -0.39 is 0 Å². The van der Waals surface area contributed by atoms with Crippen LogP contribution >= 0.6 is 0 Å². The van der Waals surface area contributed by atoms with Gasteiger partial charge < -0.3 is 0 Å². The van der Waals surface area contributed by atoms with Crippen LogP contribution in [0.2, 0.25) is 0 Å². The van der Waals surface area contributed by atoms with Crippen LogP contribution in [0.3, 0.4) is 0 Å². The van der Waals surface area contributed by atoms with Crippen LogP contribution in [0.5, 0.6) is 0 Å². The molecule has 1 heteroatoms. The molecule has 0 amide bonds. The van der Waals surface area contributed by atoms with Gasteiger partial charge in [-0.2, -0.15) is 0 Å². The molecule has 1 aromatic carbocycles. The molecule has 0 aliphatic heterocycles. The lowest BCUT2D eigenvalue weighted by atomic mass is 9.94. The molecule has 1 aromatic heterocycles. The van der Waals surface area contributed by atoms with Gasteiger partial charge in [-0.15, -0.1) is 0 Å². The fourth-order valence-corrected chi connectivity index (χ4v) is 2.49. The largest absolute Gasteiger partial charge is 0.265 e. The fraction of sp³-hybridized carbons (Fsp3) is 0.250. The Hall–Kier alpha value is -2.15. The third-order valence-electron chi connectivity index (χ3n) is 3.42. The number of aromatic nitrogens is 1. The SMILES string of the molecule is CC.Cc1cc(C2=CCCC=C2)cc(-c2ccncc2)c1. The summed E-state index contributed by atoms with van der Waals surface area (Å²) < 4.78 is 0. The normalized spacial score (nSPS) is 13.2. The monoisotopic (exact) mass is 277 g/mol. The van der Waals surface area contributed by atoms with E-state index in [1.54, 1.807) is 0 Å². The quantitative estimate of drug-likeness (QED) is 0.674. The predicted molar refractivity (Wildman–Crippen MR) is 92.1 cm³/mol. The maximum absolute atomic E-state index is 4.08. The van der Waals surface area contributed by atoms with Crippen molar-refractivity contribution in [1.29, 1.82) is 0 Å². The van der Waals surface area contributed by atoms with Crippen LogP contribution in [-0.2, 0) is 0 Å². The summed E-state index contributed by atoms with van der Waals surface area (Å²) in [6.45, 7) is 6.15. The lowest BCUT2D eigenvalue weighted by Gasteiger charge is -2.11. The minimum absolute atomic E-state index is 1.14. The Labute approximate surface area is 128 Å². The maximum atomic E-state index is 4.08. The summed E-state index contributed by atoms with van der Waals surface area (Å²) in [6.07, 6.45) is 12.8. The Bertz CT molecular complexity index is 636. The summed E-state index contributed by atoms with van der Waals surface area (Å²) in [4.78, 5) is 4.08. The molecule has 0 saturated carbocycles. The van der Waals surface area contributed by atoms with Gasteiger partial charge in [0.25, 0.3) is 0 Å². The number of hydrogen-bond donors (Lipinski definition) is 0. The molecular weight excluding hydrogens is 254 g/mol. The van der Waals surface area contributed by atoms with Crippen LogP contribution < -0.4 is 0 Å². The molecular formula is C20H23N. The highest BCUT2D eigenvalue weighted by atomic mass is 14.6. The van der Waals surface area contributed by atoms with Crippen LogP contribution in [0.25, 0.3) is 16.7 Å². The molecule has 1 aliphatic rings. The standard InChI is InChI=1S/C18H17N.C2H6/c1-14-11-17(15-5-3-2-4-6-15)13-18(12-14)16-7-9-19-10-8-16;1-2/h3,5-13H,2,4H2,1H3;1-2H3. The first-order valence-corrected chi connectivity index (χ1v) is 7.72. The Morgan fingerprint density at radius 3 is 2.24 bits per heavy atom. The van der Waals surface area contributed by atoms with E-state index in [2.05, 4.69) is 60.5 Å². The van der Waals surface area contributed by atoms with Crippen molar-refractivity contribution in [3.8, 4) is 11.1 Å². The molecule has 3 rings (SSSR count). The molecule has 1 aliphatic carbocycles. The van der Waals surface area contributed by atoms with E-state index in [0.29, 0.717) is 0 Å². The summed E-state index contributed by atoms with van der Waals surface area (Å²) in [5.41, 5.74) is 6.43. The van der Waals surface area contributed by atoms with Gasteiger partial charge in [0.2, 0.25) is 0 Å². The fourth-order valence-electron chi connectivity index (χ4n) is 2.49. The van der Waals surface area contributed by atoms with Crippen molar-refractivity contribution in [3.05, 3.63) is 72.1 Å². The maximum Gasteiger partial charge on any atom is 0.0273 e. The van der Waals surface area contributed by atoms with Crippen LogP contribution in [0.15, 0.2) is 61.0 Å². The van der Waals surface area contributed by atoms with Gasteiger partial charge >= 0.3 is 0 Å². The first kappa shape index (κ1) is 15.2. The summed E-state index contributed by atoms with van der Waals surface area (Å²) in [5.74, 6) is 0. The van der Waals surface area contributed by atoms with Gasteiger partial charge in [-0.05, 0) is 65.8 Å². The van der Waals surface area contributed by atoms with Gasteiger partial charge in [-0.1, -0.05) is 44.2 Å². The molecule has 0 atom stereocenters. The van der Waals surface area contributed by atoms with E-state index in [4.69, 9.17) is 0 Å². The molecule has 1 nitrogen and oxygen atoms in total. The van der Waals surface area contributed by atoms with E-state index in [0.717, 1.165) is 12.8 Å². The zero-order chi connectivity index (χ0) is 15.1. The Morgan fingerprint density at radius 2 is 1.57 bits per heavy atom. The number of rotatable bonds is 2. The average molecular weight is 277 g/mol. The van der Waals surface area contributed by atoms with Gasteiger partial charge in [0.05, 0.1) is 0 Å². The molecule has 0 bridgehead atoms. The molecule has 108 valence electrons. The molecule has 0 radical (unpaired) electrons. The van der Waals surface area contributed by atoms with Crippen LogP contribution in [0, 0.1) is 6.92 Å². The van der Waals surface area contributed by atoms with Crippen molar-refractivity contribution in [2.45, 2.75) is 33.6 Å². The van der Waals surface area contributed by atoms with Crippen molar-refractivity contribution in [2.24, 2.45) is 0 Å². The first-order chi connectivity index (χ1) is 10.3. The summed E-state index contributed by atoms with van der Waals surface area (Å²) in [6, 6.07) is 10.9. The topological polar surface area (TPSA) is 12.9 Å². The predicted octanol–water partition coefficient (Wildman–Crippen LogP) is 5.82. The van der Waals surface area contributed by atoms with Crippen molar-refractivity contribution in [2.75, 3.05) is 0 Å². The number of allylic oxidation sites excluding steroid dienone is 4. The third-order valence-corrected chi connectivity index (χ3v) is 3.42. The minimum atomic E-state index is 1.14. The number of nitrogens with zero attached hydrogens (tertiary/aromatic N) is 1. The Balaban J connectivity index is 0.000000774. The van der Waals surface area contributed by atoms with Gasteiger partial charge in [0.1, 0.15) is 0 Å². The van der Waals surface area contributed by atoms with Crippen molar-refractivity contribution < 1.29 is 0 Å². The van der Waals surface area contributed by atoms with E-state index in [1.807, 2.05) is 26.2 Å². The molecule has 0 spiro atoms. The van der Waals surface area contributed by atoms with Gasteiger partial charge in [-0.25, -0.2) is 0 Å². The highest BCUT2D eigenvalue weighted by Crippen LogP contribution is 2.27. The number of aryl methyl sites for hydroxylation is 1. The number of hydrogen-bond acceptors (Lipinski definition) is 1. The molecule has 0 N–H and O–H groups in total. The second-order valence-electron chi connectivity index (χ2n) is 4.96. The summed E-state index contributed by atoms with van der Waals surface area (Å²) >= 11 is 0. The second kappa shape index (κ2) is 7.58. The number of benzene rings is 1. The van der Waals surface area contributed by atoms with Gasteiger partial charge in [0.15, 0.2) is 0 Å². The Kier molecular flexibility index (Phi) is 5.51. The van der Waals surface area contributed by atoms with Crippen LogP contribution in [-0.4, -0.2) is 4.98 Å². The van der Waals surface area contributed by atoms with E-state index in [9.17, 15) is 0 Å². The first-order valence-electron chi connectivity index (χ1n) is 7.72. The van der Waals surface area contributed by atoms with Crippen LogP contribution in [0.4, 0.5) is 0 Å². The minimum Gasteiger partial charge on any atom is -0.265 e.